The van der Waals surface area contributed by atoms with Gasteiger partial charge in [0.1, 0.15) is 5.69 Å². The highest BCUT2D eigenvalue weighted by Gasteiger charge is 2.37. The molecular weight excluding hydrogens is 264 g/mol. The van der Waals surface area contributed by atoms with Crippen molar-refractivity contribution in [3.63, 3.8) is 0 Å². The summed E-state index contributed by atoms with van der Waals surface area (Å²) in [6.07, 6.45) is 10.4. The molecule has 1 unspecified atom stereocenters. The van der Waals surface area contributed by atoms with E-state index in [-0.39, 0.29) is 5.91 Å². The first-order valence-corrected chi connectivity index (χ1v) is 8.34. The van der Waals surface area contributed by atoms with Gasteiger partial charge in [0.2, 0.25) is 0 Å². The molecule has 2 fully saturated rings. The third kappa shape index (κ3) is 2.65. The molecule has 1 saturated carbocycles. The van der Waals surface area contributed by atoms with Gasteiger partial charge in [0.25, 0.3) is 5.91 Å². The van der Waals surface area contributed by atoms with Gasteiger partial charge < -0.3 is 10.6 Å². The summed E-state index contributed by atoms with van der Waals surface area (Å²) in [4.78, 5) is 15.0. The second kappa shape index (κ2) is 6.08. The van der Waals surface area contributed by atoms with E-state index in [1.54, 1.807) is 10.9 Å². The summed E-state index contributed by atoms with van der Waals surface area (Å²) in [5.74, 6) is 0.768. The van der Waals surface area contributed by atoms with Crippen molar-refractivity contribution in [2.75, 3.05) is 12.3 Å². The van der Waals surface area contributed by atoms with Crippen molar-refractivity contribution in [2.24, 2.45) is 5.92 Å². The smallest absolute Gasteiger partial charge is 0.274 e. The number of anilines is 1. The number of rotatable bonds is 3. The minimum absolute atomic E-state index is 0.0833. The molecule has 0 aromatic carbocycles. The molecule has 21 heavy (non-hydrogen) atoms. The summed E-state index contributed by atoms with van der Waals surface area (Å²) >= 11 is 0. The van der Waals surface area contributed by atoms with Crippen LogP contribution in [-0.4, -0.2) is 33.2 Å². The van der Waals surface area contributed by atoms with Gasteiger partial charge >= 0.3 is 0 Å². The summed E-state index contributed by atoms with van der Waals surface area (Å²) in [5, 5.41) is 4.21. The zero-order chi connectivity index (χ0) is 14.8. The van der Waals surface area contributed by atoms with Gasteiger partial charge in [0.15, 0.2) is 0 Å². The predicted molar refractivity (Wildman–Crippen MR) is 82.9 cm³/mol. The van der Waals surface area contributed by atoms with E-state index in [9.17, 15) is 4.79 Å². The molecule has 0 bridgehead atoms. The quantitative estimate of drug-likeness (QED) is 0.930. The molecule has 2 heterocycles. The summed E-state index contributed by atoms with van der Waals surface area (Å²) in [6, 6.07) is 0.414. The SMILES string of the molecule is CCn1ncc(N)c1C(=O)N1CCCC1C1CCCCC1. The van der Waals surface area contributed by atoms with Crippen molar-refractivity contribution in [3.05, 3.63) is 11.9 Å². The molecule has 2 aliphatic rings. The van der Waals surface area contributed by atoms with Gasteiger partial charge in [-0.15, -0.1) is 0 Å². The van der Waals surface area contributed by atoms with Gasteiger partial charge in [0, 0.05) is 19.1 Å². The summed E-state index contributed by atoms with van der Waals surface area (Å²) in [7, 11) is 0. The molecule has 1 atom stereocenters. The van der Waals surface area contributed by atoms with Crippen LogP contribution in [0.3, 0.4) is 0 Å². The lowest BCUT2D eigenvalue weighted by atomic mass is 9.83. The Kier molecular flexibility index (Phi) is 4.17. The van der Waals surface area contributed by atoms with E-state index in [0.29, 0.717) is 29.9 Å². The van der Waals surface area contributed by atoms with Gasteiger partial charge in [0.05, 0.1) is 11.9 Å². The Labute approximate surface area is 126 Å². The molecule has 2 N–H and O–H groups in total. The van der Waals surface area contributed by atoms with E-state index < -0.39 is 0 Å². The van der Waals surface area contributed by atoms with Crippen LogP contribution in [0, 0.1) is 5.92 Å². The van der Waals surface area contributed by atoms with Crippen molar-refractivity contribution < 1.29 is 4.79 Å². The van der Waals surface area contributed by atoms with Crippen LogP contribution in [0.2, 0.25) is 0 Å². The van der Waals surface area contributed by atoms with E-state index in [4.69, 9.17) is 5.73 Å². The van der Waals surface area contributed by atoms with Crippen LogP contribution in [0.1, 0.15) is 62.4 Å². The standard InChI is InChI=1S/C16H26N4O/c1-2-20-15(13(17)11-18-20)16(21)19-10-6-9-14(19)12-7-4-3-5-8-12/h11-12,14H,2-10,17H2,1H3. The van der Waals surface area contributed by atoms with Crippen LogP contribution < -0.4 is 5.73 Å². The Morgan fingerprint density at radius 2 is 2.05 bits per heavy atom. The number of hydrogen-bond acceptors (Lipinski definition) is 3. The number of hydrogen-bond donors (Lipinski definition) is 1. The number of aromatic nitrogens is 2. The minimum atomic E-state index is 0.0833. The Balaban J connectivity index is 1.81. The maximum Gasteiger partial charge on any atom is 0.274 e. The third-order valence-electron chi connectivity index (χ3n) is 5.12. The zero-order valence-electron chi connectivity index (χ0n) is 12.9. The second-order valence-electron chi connectivity index (χ2n) is 6.37. The van der Waals surface area contributed by atoms with E-state index in [2.05, 4.69) is 10.00 Å². The van der Waals surface area contributed by atoms with E-state index in [0.717, 1.165) is 19.4 Å². The number of carbonyl (C=O) groups is 1. The van der Waals surface area contributed by atoms with Crippen molar-refractivity contribution in [1.29, 1.82) is 0 Å². The van der Waals surface area contributed by atoms with Crippen LogP contribution in [0.5, 0.6) is 0 Å². The van der Waals surface area contributed by atoms with Gasteiger partial charge in [-0.05, 0) is 38.5 Å². The van der Waals surface area contributed by atoms with Crippen molar-refractivity contribution in [3.8, 4) is 0 Å². The van der Waals surface area contributed by atoms with Crippen molar-refractivity contribution in [2.45, 2.75) is 64.5 Å². The van der Waals surface area contributed by atoms with Crippen LogP contribution in [0.15, 0.2) is 6.20 Å². The third-order valence-corrected chi connectivity index (χ3v) is 5.12. The van der Waals surface area contributed by atoms with E-state index >= 15 is 0 Å². The first-order chi connectivity index (χ1) is 10.2. The molecule has 5 nitrogen and oxygen atoms in total. The van der Waals surface area contributed by atoms with Crippen molar-refractivity contribution in [1.82, 2.24) is 14.7 Å². The number of nitrogens with zero attached hydrogens (tertiary/aromatic N) is 3. The lowest BCUT2D eigenvalue weighted by Crippen LogP contribution is -2.41. The molecule has 116 valence electrons. The highest BCUT2D eigenvalue weighted by molar-refractivity contribution is 5.97. The highest BCUT2D eigenvalue weighted by atomic mass is 16.2. The van der Waals surface area contributed by atoms with Crippen LogP contribution >= 0.6 is 0 Å². The summed E-state index contributed by atoms with van der Waals surface area (Å²) in [6.45, 7) is 3.54. The molecule has 1 aromatic heterocycles. The molecule has 1 saturated heterocycles. The lowest BCUT2D eigenvalue weighted by molar-refractivity contribution is 0.0650. The lowest BCUT2D eigenvalue weighted by Gasteiger charge is -2.34. The van der Waals surface area contributed by atoms with Crippen LogP contribution in [-0.2, 0) is 6.54 Å². The molecule has 1 aromatic rings. The maximum absolute atomic E-state index is 12.9. The number of amides is 1. The first kappa shape index (κ1) is 14.4. The number of nitrogen functional groups attached to an aromatic ring is 1. The summed E-state index contributed by atoms with van der Waals surface area (Å²) < 4.78 is 1.73. The number of carbonyl (C=O) groups excluding carboxylic acids is 1. The van der Waals surface area contributed by atoms with Gasteiger partial charge in [-0.2, -0.15) is 5.10 Å². The Morgan fingerprint density at radius 3 is 2.76 bits per heavy atom. The number of aryl methyl sites for hydroxylation is 1. The molecule has 0 spiro atoms. The Hall–Kier alpha value is -1.52. The fraction of sp³-hybridized carbons (Fsp3) is 0.750. The van der Waals surface area contributed by atoms with Gasteiger partial charge in [-0.25, -0.2) is 0 Å². The van der Waals surface area contributed by atoms with Gasteiger partial charge in [-0.1, -0.05) is 19.3 Å². The molecule has 0 radical (unpaired) electrons. The molecule has 5 heteroatoms. The van der Waals surface area contributed by atoms with Crippen LogP contribution in [0.25, 0.3) is 0 Å². The molecule has 1 amide bonds. The largest absolute Gasteiger partial charge is 0.396 e. The Morgan fingerprint density at radius 1 is 1.29 bits per heavy atom. The molecule has 3 rings (SSSR count). The fourth-order valence-corrected chi connectivity index (χ4v) is 4.06. The first-order valence-electron chi connectivity index (χ1n) is 8.34. The van der Waals surface area contributed by atoms with Gasteiger partial charge in [-0.3, -0.25) is 9.48 Å². The number of nitrogens with two attached hydrogens (primary N) is 1. The molecular formula is C16H26N4O. The Bertz CT molecular complexity index is 504. The van der Waals surface area contributed by atoms with Crippen LogP contribution in [0.4, 0.5) is 5.69 Å². The topological polar surface area (TPSA) is 64.2 Å². The van der Waals surface area contributed by atoms with E-state index in [1.165, 1.54) is 32.1 Å². The maximum atomic E-state index is 12.9. The second-order valence-corrected chi connectivity index (χ2v) is 6.37. The van der Waals surface area contributed by atoms with Crippen molar-refractivity contribution >= 4 is 11.6 Å². The fourth-order valence-electron chi connectivity index (χ4n) is 4.06. The minimum Gasteiger partial charge on any atom is -0.396 e. The van der Waals surface area contributed by atoms with E-state index in [1.807, 2.05) is 6.92 Å². The number of likely N-dealkylation sites (tertiary alicyclic amines) is 1. The monoisotopic (exact) mass is 290 g/mol. The zero-order valence-corrected chi connectivity index (χ0v) is 12.9. The average molecular weight is 290 g/mol. The molecule has 1 aliphatic heterocycles. The highest BCUT2D eigenvalue weighted by Crippen LogP contribution is 2.35. The normalized spacial score (nSPS) is 23.7. The molecule has 1 aliphatic carbocycles. The average Bonchev–Trinajstić information content (AvgIpc) is 3.14. The predicted octanol–water partition coefficient (Wildman–Crippen LogP) is 2.67. The summed E-state index contributed by atoms with van der Waals surface area (Å²) in [5.41, 5.74) is 7.07.